The highest BCUT2D eigenvalue weighted by Gasteiger charge is 2.08. The molecule has 0 spiro atoms. The minimum atomic E-state index is 0.155. The SMILES string of the molecule is Cc1ncsc1CCOc1nc(N)nc(N(C)C)n1. The van der Waals surface area contributed by atoms with E-state index >= 15 is 0 Å². The Morgan fingerprint density at radius 2 is 2.11 bits per heavy atom. The maximum Gasteiger partial charge on any atom is 0.323 e. The standard InChI is InChI=1S/C11H16N6OS/c1-7-8(19-6-13-7)4-5-18-11-15-9(12)14-10(16-11)17(2)3/h6H,4-5H2,1-3H3,(H2,12,14,15,16). The molecule has 0 atom stereocenters. The van der Waals surface area contributed by atoms with Crippen molar-refractivity contribution in [3.63, 3.8) is 0 Å². The van der Waals surface area contributed by atoms with Crippen LogP contribution in [0.15, 0.2) is 5.51 Å². The third-order valence-electron chi connectivity index (χ3n) is 2.43. The third kappa shape index (κ3) is 3.50. The highest BCUT2D eigenvalue weighted by atomic mass is 32.1. The molecule has 0 amide bonds. The van der Waals surface area contributed by atoms with E-state index in [1.54, 1.807) is 16.2 Å². The quantitative estimate of drug-likeness (QED) is 0.870. The maximum absolute atomic E-state index is 5.61. The number of anilines is 2. The lowest BCUT2D eigenvalue weighted by molar-refractivity contribution is 0.296. The average molecular weight is 280 g/mol. The first-order chi connectivity index (χ1) is 9.06. The molecule has 0 aliphatic rings. The molecule has 0 saturated carbocycles. The number of nitrogens with two attached hydrogens (primary N) is 1. The number of ether oxygens (including phenoxy) is 1. The zero-order chi connectivity index (χ0) is 13.8. The summed E-state index contributed by atoms with van der Waals surface area (Å²) < 4.78 is 5.52. The van der Waals surface area contributed by atoms with Gasteiger partial charge in [0.15, 0.2) is 0 Å². The number of nitrogens with zero attached hydrogens (tertiary/aromatic N) is 5. The number of thiazole rings is 1. The van der Waals surface area contributed by atoms with E-state index in [-0.39, 0.29) is 12.0 Å². The Hall–Kier alpha value is -1.96. The van der Waals surface area contributed by atoms with E-state index in [4.69, 9.17) is 10.5 Å². The topological polar surface area (TPSA) is 90.0 Å². The van der Waals surface area contributed by atoms with Crippen LogP contribution in [0.3, 0.4) is 0 Å². The molecule has 8 heteroatoms. The third-order valence-corrected chi connectivity index (χ3v) is 3.42. The molecule has 0 unspecified atom stereocenters. The van der Waals surface area contributed by atoms with Crippen LogP contribution >= 0.6 is 11.3 Å². The first-order valence-corrected chi connectivity index (χ1v) is 6.65. The van der Waals surface area contributed by atoms with Crippen LogP contribution in [0.2, 0.25) is 0 Å². The van der Waals surface area contributed by atoms with Crippen molar-refractivity contribution in [2.24, 2.45) is 0 Å². The molecular formula is C11H16N6OS. The largest absolute Gasteiger partial charge is 0.463 e. The summed E-state index contributed by atoms with van der Waals surface area (Å²) in [4.78, 5) is 19.3. The normalized spacial score (nSPS) is 10.5. The molecule has 19 heavy (non-hydrogen) atoms. The fourth-order valence-electron chi connectivity index (χ4n) is 1.43. The Kier molecular flexibility index (Phi) is 4.10. The second-order valence-corrected chi connectivity index (χ2v) is 5.07. The fraction of sp³-hybridized carbons (Fsp3) is 0.455. The van der Waals surface area contributed by atoms with Gasteiger partial charge >= 0.3 is 6.01 Å². The predicted octanol–water partition coefficient (Wildman–Crippen LogP) is 0.906. The molecule has 0 saturated heterocycles. The number of aryl methyl sites for hydroxylation is 1. The van der Waals surface area contributed by atoms with E-state index in [0.717, 1.165) is 12.1 Å². The molecule has 2 rings (SSSR count). The molecule has 2 heterocycles. The van der Waals surface area contributed by atoms with Crippen LogP contribution in [-0.4, -0.2) is 40.6 Å². The highest BCUT2D eigenvalue weighted by Crippen LogP contribution is 2.14. The van der Waals surface area contributed by atoms with Crippen molar-refractivity contribution in [3.05, 3.63) is 16.1 Å². The summed E-state index contributed by atoms with van der Waals surface area (Å²) >= 11 is 1.62. The van der Waals surface area contributed by atoms with Crippen LogP contribution < -0.4 is 15.4 Å². The second kappa shape index (κ2) is 5.79. The summed E-state index contributed by atoms with van der Waals surface area (Å²) in [6, 6.07) is 0.248. The van der Waals surface area contributed by atoms with Crippen LogP contribution in [0.1, 0.15) is 10.6 Å². The Morgan fingerprint density at radius 3 is 2.74 bits per heavy atom. The maximum atomic E-state index is 5.61. The van der Waals surface area contributed by atoms with Crippen molar-refractivity contribution in [1.82, 2.24) is 19.9 Å². The van der Waals surface area contributed by atoms with Gasteiger partial charge in [0.1, 0.15) is 0 Å². The lowest BCUT2D eigenvalue weighted by Gasteiger charge is -2.11. The minimum Gasteiger partial charge on any atom is -0.463 e. The van der Waals surface area contributed by atoms with Crippen LogP contribution in [0, 0.1) is 6.92 Å². The zero-order valence-electron chi connectivity index (χ0n) is 11.1. The van der Waals surface area contributed by atoms with Crippen molar-refractivity contribution < 1.29 is 4.74 Å². The van der Waals surface area contributed by atoms with Gasteiger partial charge in [0.25, 0.3) is 0 Å². The molecule has 2 N–H and O–H groups in total. The highest BCUT2D eigenvalue weighted by molar-refractivity contribution is 7.09. The van der Waals surface area contributed by atoms with E-state index < -0.39 is 0 Å². The molecule has 7 nitrogen and oxygen atoms in total. The minimum absolute atomic E-state index is 0.155. The smallest absolute Gasteiger partial charge is 0.323 e. The van der Waals surface area contributed by atoms with Gasteiger partial charge in [0.05, 0.1) is 17.8 Å². The van der Waals surface area contributed by atoms with E-state index in [9.17, 15) is 0 Å². The first kappa shape index (κ1) is 13.5. The second-order valence-electron chi connectivity index (χ2n) is 4.13. The first-order valence-electron chi connectivity index (χ1n) is 5.77. The van der Waals surface area contributed by atoms with Crippen molar-refractivity contribution in [2.75, 3.05) is 31.3 Å². The van der Waals surface area contributed by atoms with Crippen LogP contribution in [-0.2, 0) is 6.42 Å². The van der Waals surface area contributed by atoms with Crippen molar-refractivity contribution in [2.45, 2.75) is 13.3 Å². The Morgan fingerprint density at radius 1 is 1.32 bits per heavy atom. The van der Waals surface area contributed by atoms with Gasteiger partial charge in [-0.2, -0.15) is 15.0 Å². The van der Waals surface area contributed by atoms with Gasteiger partial charge in [-0.15, -0.1) is 11.3 Å². The Labute approximate surface area is 115 Å². The summed E-state index contributed by atoms with van der Waals surface area (Å²) in [5, 5.41) is 0. The summed E-state index contributed by atoms with van der Waals surface area (Å²) in [5.41, 5.74) is 8.48. The summed E-state index contributed by atoms with van der Waals surface area (Å²) in [7, 11) is 3.67. The Bertz CT molecular complexity index is 556. The lowest BCUT2D eigenvalue weighted by atomic mass is 10.3. The number of aromatic nitrogens is 4. The van der Waals surface area contributed by atoms with E-state index in [2.05, 4.69) is 19.9 Å². The van der Waals surface area contributed by atoms with Crippen LogP contribution in [0.4, 0.5) is 11.9 Å². The summed E-state index contributed by atoms with van der Waals surface area (Å²) in [6.45, 7) is 2.47. The summed E-state index contributed by atoms with van der Waals surface area (Å²) in [5.74, 6) is 0.638. The van der Waals surface area contributed by atoms with E-state index in [1.807, 2.05) is 26.5 Å². The van der Waals surface area contributed by atoms with E-state index in [0.29, 0.717) is 12.6 Å². The van der Waals surface area contributed by atoms with Crippen molar-refractivity contribution >= 4 is 23.2 Å². The average Bonchev–Trinajstić information content (AvgIpc) is 2.74. The van der Waals surface area contributed by atoms with Gasteiger partial charge in [0, 0.05) is 25.4 Å². The number of rotatable bonds is 5. The predicted molar refractivity (Wildman–Crippen MR) is 74.6 cm³/mol. The molecule has 0 aromatic carbocycles. The molecule has 102 valence electrons. The van der Waals surface area contributed by atoms with Gasteiger partial charge in [-0.3, -0.25) is 0 Å². The van der Waals surface area contributed by atoms with Crippen LogP contribution in [0.25, 0.3) is 0 Å². The van der Waals surface area contributed by atoms with E-state index in [1.165, 1.54) is 4.88 Å². The van der Waals surface area contributed by atoms with Gasteiger partial charge in [-0.1, -0.05) is 0 Å². The molecule has 0 fully saturated rings. The zero-order valence-corrected chi connectivity index (χ0v) is 11.9. The Balaban J connectivity index is 1.98. The molecule has 0 bridgehead atoms. The van der Waals surface area contributed by atoms with Crippen LogP contribution in [0.5, 0.6) is 6.01 Å². The molecular weight excluding hydrogens is 264 g/mol. The summed E-state index contributed by atoms with van der Waals surface area (Å²) in [6.07, 6.45) is 0.777. The molecule has 0 aliphatic heterocycles. The van der Waals surface area contributed by atoms with Gasteiger partial charge in [0.2, 0.25) is 11.9 Å². The number of hydrogen-bond donors (Lipinski definition) is 1. The molecule has 2 aromatic rings. The molecule has 0 radical (unpaired) electrons. The monoisotopic (exact) mass is 280 g/mol. The molecule has 0 aliphatic carbocycles. The van der Waals surface area contributed by atoms with Gasteiger partial charge in [-0.25, -0.2) is 4.98 Å². The van der Waals surface area contributed by atoms with Gasteiger partial charge in [-0.05, 0) is 6.92 Å². The van der Waals surface area contributed by atoms with Crippen molar-refractivity contribution in [3.8, 4) is 6.01 Å². The van der Waals surface area contributed by atoms with Crippen molar-refractivity contribution in [1.29, 1.82) is 0 Å². The van der Waals surface area contributed by atoms with Gasteiger partial charge < -0.3 is 15.4 Å². The lowest BCUT2D eigenvalue weighted by Crippen LogP contribution is -2.16. The number of nitrogen functional groups attached to an aromatic ring is 1. The number of hydrogen-bond acceptors (Lipinski definition) is 8. The fourth-order valence-corrected chi connectivity index (χ4v) is 2.19. The molecule has 2 aromatic heterocycles.